The molecule has 19 heavy (non-hydrogen) atoms. The lowest BCUT2D eigenvalue weighted by Gasteiger charge is -2.09. The minimum atomic E-state index is -1.08. The smallest absolute Gasteiger partial charge is 0.191 e. The molecule has 0 aliphatic heterocycles. The van der Waals surface area contributed by atoms with Crippen LogP contribution in [0.5, 0.6) is 5.75 Å². The average molecular weight is 257 g/mol. The molecule has 1 aromatic heterocycles. The maximum absolute atomic E-state index is 12.0. The summed E-state index contributed by atoms with van der Waals surface area (Å²) in [6.07, 6.45) is 0.773. The van der Waals surface area contributed by atoms with Crippen molar-refractivity contribution in [2.24, 2.45) is 0 Å². The highest BCUT2D eigenvalue weighted by atomic mass is 16.5. The number of ether oxygens (including phenoxy) is 1. The second-order valence-electron chi connectivity index (χ2n) is 4.13. The van der Waals surface area contributed by atoms with Crippen molar-refractivity contribution in [3.63, 3.8) is 0 Å². The molecule has 0 amide bonds. The van der Waals surface area contributed by atoms with Crippen LogP contribution in [0.25, 0.3) is 0 Å². The Labute approximate surface area is 111 Å². The Morgan fingerprint density at radius 3 is 2.58 bits per heavy atom. The van der Waals surface area contributed by atoms with Gasteiger partial charge in [-0.05, 0) is 36.4 Å². The molecule has 0 saturated heterocycles. The van der Waals surface area contributed by atoms with Crippen LogP contribution in [0.15, 0.2) is 48.7 Å². The van der Waals surface area contributed by atoms with Gasteiger partial charge in [0.05, 0.1) is 7.11 Å². The highest BCUT2D eigenvalue weighted by Gasteiger charge is 2.18. The van der Waals surface area contributed by atoms with Gasteiger partial charge in [-0.3, -0.25) is 9.78 Å². The molecule has 0 bridgehead atoms. The Morgan fingerprint density at radius 2 is 2.00 bits per heavy atom. The number of nitrogens with zero attached hydrogens (tertiary/aromatic N) is 1. The molecular weight excluding hydrogens is 242 g/mol. The van der Waals surface area contributed by atoms with Crippen molar-refractivity contribution in [1.82, 2.24) is 4.98 Å². The first-order valence-corrected chi connectivity index (χ1v) is 5.97. The van der Waals surface area contributed by atoms with Gasteiger partial charge in [0.1, 0.15) is 11.9 Å². The van der Waals surface area contributed by atoms with Gasteiger partial charge in [-0.1, -0.05) is 6.07 Å². The summed E-state index contributed by atoms with van der Waals surface area (Å²) >= 11 is 0. The minimum absolute atomic E-state index is 0.214. The molecule has 1 unspecified atom stereocenters. The number of Topliss-reactive ketones (excluding diaryl/α,β-unsaturated/α-hetero) is 1. The number of benzene rings is 1. The van der Waals surface area contributed by atoms with Crippen LogP contribution in [-0.4, -0.2) is 29.1 Å². The highest BCUT2D eigenvalue weighted by Crippen LogP contribution is 2.14. The van der Waals surface area contributed by atoms with Gasteiger partial charge in [-0.15, -0.1) is 0 Å². The maximum Gasteiger partial charge on any atom is 0.191 e. The SMILES string of the molecule is COc1ccc(C(=O)C(O)Cc2ccccn2)cc1. The molecule has 2 rings (SSSR count). The van der Waals surface area contributed by atoms with Gasteiger partial charge in [0.25, 0.3) is 0 Å². The van der Waals surface area contributed by atoms with E-state index in [-0.39, 0.29) is 12.2 Å². The topological polar surface area (TPSA) is 59.4 Å². The number of hydrogen-bond acceptors (Lipinski definition) is 4. The molecule has 98 valence electrons. The van der Waals surface area contributed by atoms with Gasteiger partial charge in [-0.25, -0.2) is 0 Å². The molecule has 4 nitrogen and oxygen atoms in total. The number of methoxy groups -OCH3 is 1. The van der Waals surface area contributed by atoms with Crippen LogP contribution in [0.4, 0.5) is 0 Å². The van der Waals surface area contributed by atoms with Gasteiger partial charge < -0.3 is 9.84 Å². The zero-order valence-corrected chi connectivity index (χ0v) is 10.6. The third kappa shape index (κ3) is 3.39. The molecule has 0 spiro atoms. The van der Waals surface area contributed by atoms with E-state index in [4.69, 9.17) is 4.74 Å². The molecule has 0 aliphatic carbocycles. The van der Waals surface area contributed by atoms with Gasteiger partial charge in [0, 0.05) is 23.9 Å². The summed E-state index contributed by atoms with van der Waals surface area (Å²) in [6.45, 7) is 0. The summed E-state index contributed by atoms with van der Waals surface area (Å²) in [5.74, 6) is 0.365. The second-order valence-corrected chi connectivity index (χ2v) is 4.13. The summed E-state index contributed by atoms with van der Waals surface area (Å²) < 4.78 is 5.02. The molecule has 4 heteroatoms. The van der Waals surface area contributed by atoms with Crippen LogP contribution in [-0.2, 0) is 6.42 Å². The lowest BCUT2D eigenvalue weighted by Crippen LogP contribution is -2.23. The first-order valence-electron chi connectivity index (χ1n) is 5.97. The highest BCUT2D eigenvalue weighted by molar-refractivity contribution is 5.99. The number of carbonyl (C=O) groups excluding carboxylic acids is 1. The summed E-state index contributed by atoms with van der Waals surface area (Å²) in [4.78, 5) is 16.1. The number of hydrogen-bond donors (Lipinski definition) is 1. The van der Waals surface area contributed by atoms with Crippen molar-refractivity contribution in [2.45, 2.75) is 12.5 Å². The van der Waals surface area contributed by atoms with E-state index in [0.29, 0.717) is 17.0 Å². The van der Waals surface area contributed by atoms with E-state index in [0.717, 1.165) is 0 Å². The Morgan fingerprint density at radius 1 is 1.26 bits per heavy atom. The number of ketones is 1. The molecule has 1 aromatic carbocycles. The van der Waals surface area contributed by atoms with Crippen molar-refractivity contribution in [2.75, 3.05) is 7.11 Å². The Hall–Kier alpha value is -2.20. The van der Waals surface area contributed by atoms with Crippen LogP contribution in [0.2, 0.25) is 0 Å². The normalized spacial score (nSPS) is 11.9. The predicted octanol–water partition coefficient (Wildman–Crippen LogP) is 1.88. The largest absolute Gasteiger partial charge is 0.497 e. The number of carbonyl (C=O) groups is 1. The van der Waals surface area contributed by atoms with Crippen LogP contribution in [0.1, 0.15) is 16.1 Å². The molecule has 0 saturated carbocycles. The number of aliphatic hydroxyl groups excluding tert-OH is 1. The minimum Gasteiger partial charge on any atom is -0.497 e. The third-order valence-electron chi connectivity index (χ3n) is 2.81. The maximum atomic E-state index is 12.0. The Kier molecular flexibility index (Phi) is 4.26. The average Bonchev–Trinajstić information content (AvgIpc) is 2.47. The zero-order chi connectivity index (χ0) is 13.7. The first kappa shape index (κ1) is 13.2. The van der Waals surface area contributed by atoms with E-state index in [9.17, 15) is 9.90 Å². The zero-order valence-electron chi connectivity index (χ0n) is 10.6. The van der Waals surface area contributed by atoms with E-state index in [1.807, 2.05) is 6.07 Å². The van der Waals surface area contributed by atoms with Crippen molar-refractivity contribution in [3.05, 3.63) is 59.9 Å². The van der Waals surface area contributed by atoms with Crippen LogP contribution in [0.3, 0.4) is 0 Å². The molecule has 0 radical (unpaired) electrons. The van der Waals surface area contributed by atoms with Crippen molar-refractivity contribution in [3.8, 4) is 5.75 Å². The number of pyridine rings is 1. The standard InChI is InChI=1S/C15H15NO3/c1-19-13-7-5-11(6-8-13)15(18)14(17)10-12-4-2-3-9-16-12/h2-9,14,17H,10H2,1H3. The molecule has 0 aliphatic rings. The van der Waals surface area contributed by atoms with Gasteiger partial charge in [0.2, 0.25) is 0 Å². The quantitative estimate of drug-likeness (QED) is 0.831. The lowest BCUT2D eigenvalue weighted by atomic mass is 10.0. The van der Waals surface area contributed by atoms with E-state index < -0.39 is 6.10 Å². The van der Waals surface area contributed by atoms with Crippen molar-refractivity contribution in [1.29, 1.82) is 0 Å². The molecule has 1 heterocycles. The molecular formula is C15H15NO3. The fourth-order valence-electron chi connectivity index (χ4n) is 1.76. The summed E-state index contributed by atoms with van der Waals surface area (Å²) in [7, 11) is 1.56. The van der Waals surface area contributed by atoms with Crippen molar-refractivity contribution >= 4 is 5.78 Å². The molecule has 1 atom stereocenters. The summed E-state index contributed by atoms with van der Waals surface area (Å²) in [5, 5.41) is 9.93. The van der Waals surface area contributed by atoms with Gasteiger partial charge >= 0.3 is 0 Å². The number of aromatic nitrogens is 1. The van der Waals surface area contributed by atoms with Crippen LogP contribution in [0, 0.1) is 0 Å². The predicted molar refractivity (Wildman–Crippen MR) is 71.3 cm³/mol. The van der Waals surface area contributed by atoms with Crippen molar-refractivity contribution < 1.29 is 14.6 Å². The summed E-state index contributed by atoms with van der Waals surface area (Å²) in [5.41, 5.74) is 1.15. The fraction of sp³-hybridized carbons (Fsp3) is 0.200. The number of aliphatic hydroxyl groups is 1. The van der Waals surface area contributed by atoms with E-state index in [1.54, 1.807) is 49.7 Å². The molecule has 2 aromatic rings. The summed E-state index contributed by atoms with van der Waals surface area (Å²) in [6, 6.07) is 12.1. The van der Waals surface area contributed by atoms with E-state index >= 15 is 0 Å². The Balaban J connectivity index is 2.06. The molecule has 0 fully saturated rings. The fourth-order valence-corrected chi connectivity index (χ4v) is 1.76. The van der Waals surface area contributed by atoms with Crippen LogP contribution < -0.4 is 4.74 Å². The van der Waals surface area contributed by atoms with E-state index in [1.165, 1.54) is 0 Å². The third-order valence-corrected chi connectivity index (χ3v) is 2.81. The number of rotatable bonds is 5. The lowest BCUT2D eigenvalue weighted by molar-refractivity contribution is 0.0746. The molecule has 1 N–H and O–H groups in total. The monoisotopic (exact) mass is 257 g/mol. The van der Waals surface area contributed by atoms with E-state index in [2.05, 4.69) is 4.98 Å². The van der Waals surface area contributed by atoms with Gasteiger partial charge in [0.15, 0.2) is 5.78 Å². The Bertz CT molecular complexity index is 537. The first-order chi connectivity index (χ1) is 9.20. The van der Waals surface area contributed by atoms with Crippen LogP contribution >= 0.6 is 0 Å². The second kappa shape index (κ2) is 6.11. The van der Waals surface area contributed by atoms with Gasteiger partial charge in [-0.2, -0.15) is 0 Å².